The average Bonchev–Trinajstić information content (AvgIpc) is 2.41. The summed E-state index contributed by atoms with van der Waals surface area (Å²) >= 11 is 0. The summed E-state index contributed by atoms with van der Waals surface area (Å²) < 4.78 is 5.89. The maximum absolute atomic E-state index is 10.7. The zero-order valence-corrected chi connectivity index (χ0v) is 13.8. The van der Waals surface area contributed by atoms with Crippen LogP contribution in [-0.2, 0) is 4.74 Å². The molecule has 0 amide bonds. The van der Waals surface area contributed by atoms with Crippen LogP contribution in [0.5, 0.6) is 0 Å². The fourth-order valence-corrected chi connectivity index (χ4v) is 3.45. The van der Waals surface area contributed by atoms with Crippen LogP contribution in [-0.4, -0.2) is 35.5 Å². The predicted molar refractivity (Wildman–Crippen MR) is 82.9 cm³/mol. The smallest absolute Gasteiger partial charge is 0.0772 e. The SMILES string of the molecule is CCC1(C)CC(NCC2(O)CCC(C)(C)CC2)CCO1. The summed E-state index contributed by atoms with van der Waals surface area (Å²) in [7, 11) is 0. The molecule has 118 valence electrons. The largest absolute Gasteiger partial charge is 0.389 e. The number of hydrogen-bond acceptors (Lipinski definition) is 3. The van der Waals surface area contributed by atoms with Gasteiger partial charge in [-0.3, -0.25) is 0 Å². The highest BCUT2D eigenvalue weighted by Gasteiger charge is 2.38. The topological polar surface area (TPSA) is 41.5 Å². The van der Waals surface area contributed by atoms with E-state index in [0.29, 0.717) is 11.5 Å². The molecular weight excluding hydrogens is 250 g/mol. The van der Waals surface area contributed by atoms with Crippen LogP contribution < -0.4 is 5.32 Å². The van der Waals surface area contributed by atoms with Crippen LogP contribution in [0.4, 0.5) is 0 Å². The first kappa shape index (κ1) is 16.3. The predicted octanol–water partition coefficient (Wildman–Crippen LogP) is 3.26. The van der Waals surface area contributed by atoms with Crippen molar-refractivity contribution in [2.24, 2.45) is 5.41 Å². The van der Waals surface area contributed by atoms with Crippen LogP contribution in [0.3, 0.4) is 0 Å². The van der Waals surface area contributed by atoms with Gasteiger partial charge in [0.05, 0.1) is 11.2 Å². The maximum atomic E-state index is 10.7. The lowest BCUT2D eigenvalue weighted by atomic mass is 9.71. The molecule has 20 heavy (non-hydrogen) atoms. The Morgan fingerprint density at radius 1 is 1.15 bits per heavy atom. The molecule has 1 saturated heterocycles. The van der Waals surface area contributed by atoms with Crippen molar-refractivity contribution in [3.05, 3.63) is 0 Å². The summed E-state index contributed by atoms with van der Waals surface area (Å²) in [5, 5.41) is 14.3. The van der Waals surface area contributed by atoms with E-state index in [1.807, 2.05) is 0 Å². The normalized spacial score (nSPS) is 36.8. The summed E-state index contributed by atoms with van der Waals surface area (Å²) in [6, 6.07) is 0.493. The van der Waals surface area contributed by atoms with Gasteiger partial charge in [0.15, 0.2) is 0 Å². The Hall–Kier alpha value is -0.120. The molecule has 1 heterocycles. The minimum Gasteiger partial charge on any atom is -0.389 e. The van der Waals surface area contributed by atoms with Gasteiger partial charge >= 0.3 is 0 Å². The Bertz CT molecular complexity index is 319. The van der Waals surface area contributed by atoms with Crippen molar-refractivity contribution in [2.45, 2.75) is 89.9 Å². The van der Waals surface area contributed by atoms with E-state index in [1.54, 1.807) is 0 Å². The third kappa shape index (κ3) is 4.19. The van der Waals surface area contributed by atoms with Gasteiger partial charge in [0.2, 0.25) is 0 Å². The third-order valence-electron chi connectivity index (χ3n) is 5.60. The molecule has 1 aliphatic carbocycles. The van der Waals surface area contributed by atoms with E-state index in [-0.39, 0.29) is 5.60 Å². The fraction of sp³-hybridized carbons (Fsp3) is 1.00. The molecule has 2 fully saturated rings. The zero-order chi connectivity index (χ0) is 14.9. The van der Waals surface area contributed by atoms with Crippen LogP contribution in [0.25, 0.3) is 0 Å². The van der Waals surface area contributed by atoms with Crippen LogP contribution in [0, 0.1) is 5.41 Å². The zero-order valence-electron chi connectivity index (χ0n) is 13.8. The first-order chi connectivity index (χ1) is 9.26. The third-order valence-corrected chi connectivity index (χ3v) is 5.60. The Kier molecular flexibility index (Phi) is 4.83. The lowest BCUT2D eigenvalue weighted by molar-refractivity contribution is -0.0833. The van der Waals surface area contributed by atoms with Gasteiger partial charge in [-0.1, -0.05) is 20.8 Å². The molecule has 1 saturated carbocycles. The van der Waals surface area contributed by atoms with Gasteiger partial charge in [-0.05, 0) is 57.3 Å². The van der Waals surface area contributed by atoms with Gasteiger partial charge in [0.1, 0.15) is 0 Å². The van der Waals surface area contributed by atoms with Gasteiger partial charge in [-0.2, -0.15) is 0 Å². The molecule has 0 aromatic rings. The van der Waals surface area contributed by atoms with E-state index < -0.39 is 5.60 Å². The number of ether oxygens (including phenoxy) is 1. The first-order valence-electron chi connectivity index (χ1n) is 8.36. The van der Waals surface area contributed by atoms with Crippen LogP contribution in [0.15, 0.2) is 0 Å². The van der Waals surface area contributed by atoms with E-state index in [0.717, 1.165) is 58.1 Å². The minimum atomic E-state index is -0.490. The van der Waals surface area contributed by atoms with Crippen molar-refractivity contribution in [1.29, 1.82) is 0 Å². The van der Waals surface area contributed by atoms with Crippen LogP contribution in [0.1, 0.15) is 72.6 Å². The molecule has 2 aliphatic rings. The van der Waals surface area contributed by atoms with E-state index in [9.17, 15) is 5.11 Å². The maximum Gasteiger partial charge on any atom is 0.0772 e. The van der Waals surface area contributed by atoms with E-state index in [1.165, 1.54) is 0 Å². The lowest BCUT2D eigenvalue weighted by Gasteiger charge is -2.43. The Morgan fingerprint density at radius 2 is 1.80 bits per heavy atom. The van der Waals surface area contributed by atoms with Gasteiger partial charge in [0.25, 0.3) is 0 Å². The highest BCUT2D eigenvalue weighted by atomic mass is 16.5. The summed E-state index contributed by atoms with van der Waals surface area (Å²) in [6.07, 6.45) is 7.31. The summed E-state index contributed by atoms with van der Waals surface area (Å²) in [6.45, 7) is 10.6. The number of nitrogens with one attached hydrogen (secondary N) is 1. The van der Waals surface area contributed by atoms with Gasteiger partial charge in [-0.15, -0.1) is 0 Å². The van der Waals surface area contributed by atoms with Crippen molar-refractivity contribution in [3.63, 3.8) is 0 Å². The number of hydrogen-bond donors (Lipinski definition) is 2. The summed E-state index contributed by atoms with van der Waals surface area (Å²) in [5.41, 5.74) is -0.0603. The number of aliphatic hydroxyl groups is 1. The van der Waals surface area contributed by atoms with Crippen molar-refractivity contribution in [1.82, 2.24) is 5.32 Å². The minimum absolute atomic E-state index is 0.0209. The van der Waals surface area contributed by atoms with Gasteiger partial charge in [0, 0.05) is 19.2 Å². The van der Waals surface area contributed by atoms with E-state index >= 15 is 0 Å². The molecule has 2 rings (SSSR count). The van der Waals surface area contributed by atoms with Crippen molar-refractivity contribution >= 4 is 0 Å². The first-order valence-corrected chi connectivity index (χ1v) is 8.36. The lowest BCUT2D eigenvalue weighted by Crippen LogP contribution is -2.51. The highest BCUT2D eigenvalue weighted by molar-refractivity contribution is 4.93. The van der Waals surface area contributed by atoms with Gasteiger partial charge in [-0.25, -0.2) is 0 Å². The molecule has 0 aromatic carbocycles. The second-order valence-corrected chi connectivity index (χ2v) is 8.11. The van der Waals surface area contributed by atoms with Crippen LogP contribution in [0.2, 0.25) is 0 Å². The molecule has 3 nitrogen and oxygen atoms in total. The summed E-state index contributed by atoms with van der Waals surface area (Å²) in [5.74, 6) is 0. The molecule has 3 heteroatoms. The quantitative estimate of drug-likeness (QED) is 0.832. The van der Waals surface area contributed by atoms with Crippen molar-refractivity contribution < 1.29 is 9.84 Å². The molecule has 2 N–H and O–H groups in total. The van der Waals surface area contributed by atoms with E-state index in [2.05, 4.69) is 33.0 Å². The molecule has 0 bridgehead atoms. The second kappa shape index (κ2) is 5.94. The molecule has 0 aromatic heterocycles. The van der Waals surface area contributed by atoms with Gasteiger partial charge < -0.3 is 15.2 Å². The Balaban J connectivity index is 1.80. The molecule has 2 unspecified atom stereocenters. The fourth-order valence-electron chi connectivity index (χ4n) is 3.45. The summed E-state index contributed by atoms with van der Waals surface area (Å²) in [4.78, 5) is 0. The van der Waals surface area contributed by atoms with Crippen LogP contribution >= 0.6 is 0 Å². The molecular formula is C17H33NO2. The average molecular weight is 283 g/mol. The second-order valence-electron chi connectivity index (χ2n) is 8.11. The number of rotatable bonds is 4. The molecule has 0 spiro atoms. The highest BCUT2D eigenvalue weighted by Crippen LogP contribution is 2.40. The molecule has 2 atom stereocenters. The molecule has 0 radical (unpaired) electrons. The Morgan fingerprint density at radius 3 is 2.40 bits per heavy atom. The molecule has 1 aliphatic heterocycles. The van der Waals surface area contributed by atoms with Crippen molar-refractivity contribution in [2.75, 3.05) is 13.2 Å². The Labute approximate surface area is 124 Å². The monoisotopic (exact) mass is 283 g/mol. The standard InChI is InChI=1S/C17H33NO2/c1-5-16(4)12-14(6-11-20-16)18-13-17(19)9-7-15(2,3)8-10-17/h14,18-19H,5-13H2,1-4H3. The van der Waals surface area contributed by atoms with E-state index in [4.69, 9.17) is 4.74 Å². The van der Waals surface area contributed by atoms with Crippen molar-refractivity contribution in [3.8, 4) is 0 Å².